The van der Waals surface area contributed by atoms with Crippen molar-refractivity contribution in [2.75, 3.05) is 24.9 Å². The summed E-state index contributed by atoms with van der Waals surface area (Å²) >= 11 is 0. The molecule has 1 aliphatic carbocycles. The molecule has 2 amide bonds. The summed E-state index contributed by atoms with van der Waals surface area (Å²) in [5.41, 5.74) is 2.49. The summed E-state index contributed by atoms with van der Waals surface area (Å²) in [5, 5.41) is 0. The van der Waals surface area contributed by atoms with E-state index in [-0.39, 0.29) is 36.7 Å². The molecule has 4 rings (SSSR count). The van der Waals surface area contributed by atoms with Crippen molar-refractivity contribution in [3.63, 3.8) is 0 Å². The lowest BCUT2D eigenvalue weighted by Gasteiger charge is -2.35. The van der Waals surface area contributed by atoms with Gasteiger partial charge in [-0.2, -0.15) is 0 Å². The number of allylic oxidation sites excluding steroid dienone is 1. The molecule has 166 valence electrons. The second kappa shape index (κ2) is 9.24. The number of carbonyl (C=O) groups excluding carboxylic acids is 2. The molecule has 8 heteroatoms. The van der Waals surface area contributed by atoms with Crippen molar-refractivity contribution in [2.45, 2.75) is 46.3 Å². The minimum Gasteiger partial charge on any atom is -0.405 e. The van der Waals surface area contributed by atoms with Gasteiger partial charge in [0.2, 0.25) is 11.8 Å². The third-order valence-corrected chi connectivity index (χ3v) is 6.02. The van der Waals surface area contributed by atoms with E-state index in [1.807, 2.05) is 45.9 Å². The quantitative estimate of drug-likeness (QED) is 0.514. The van der Waals surface area contributed by atoms with Crippen molar-refractivity contribution in [1.29, 1.82) is 0 Å². The van der Waals surface area contributed by atoms with Crippen LogP contribution in [0.5, 0.6) is 0 Å². The second-order valence-electron chi connectivity index (χ2n) is 8.88. The molecule has 1 aromatic carbocycles. The van der Waals surface area contributed by atoms with Gasteiger partial charge in [-0.1, -0.05) is 18.2 Å². The lowest BCUT2D eigenvalue weighted by Crippen LogP contribution is -2.42. The summed E-state index contributed by atoms with van der Waals surface area (Å²) in [6.45, 7) is 8.67. The van der Waals surface area contributed by atoms with Gasteiger partial charge in [-0.15, -0.1) is 0 Å². The molecule has 3 atom stereocenters. The van der Waals surface area contributed by atoms with Gasteiger partial charge < -0.3 is 18.8 Å². The van der Waals surface area contributed by atoms with Gasteiger partial charge in [-0.25, -0.2) is 0 Å². The van der Waals surface area contributed by atoms with E-state index in [9.17, 15) is 9.59 Å². The molecule has 2 aliphatic heterocycles. The molecule has 0 saturated carbocycles. The standard InChI is InChI=1S/C23H30BNO6/c1-14(2)30-24(31-15(3)4)20-10-17-21(19-12-29-13-28-11-18(19)20)23(27)25(22(17)26)16-8-6-5-7-9-16/h5-9,14-15,17,19,21H,10-13H2,1-4H3/t17-,19+,21-/m1/s1. The molecule has 0 bridgehead atoms. The Bertz CT molecular complexity index is 845. The maximum atomic E-state index is 13.5. The number of carbonyl (C=O) groups is 2. The van der Waals surface area contributed by atoms with Crippen LogP contribution in [0.1, 0.15) is 34.1 Å². The summed E-state index contributed by atoms with van der Waals surface area (Å²) < 4.78 is 23.6. The molecule has 0 aromatic heterocycles. The monoisotopic (exact) mass is 427 g/mol. The molecule has 0 unspecified atom stereocenters. The number of para-hydroxylation sites is 1. The van der Waals surface area contributed by atoms with Crippen molar-refractivity contribution >= 4 is 24.6 Å². The zero-order chi connectivity index (χ0) is 22.1. The highest BCUT2D eigenvalue weighted by molar-refractivity contribution is 6.54. The Labute approximate surface area is 183 Å². The molecule has 1 aromatic rings. The number of rotatable bonds is 6. The van der Waals surface area contributed by atoms with E-state index in [0.717, 1.165) is 11.0 Å². The molecule has 7 nitrogen and oxygen atoms in total. The molecule has 0 spiro atoms. The van der Waals surface area contributed by atoms with Crippen LogP contribution >= 0.6 is 0 Å². The van der Waals surface area contributed by atoms with E-state index in [1.54, 1.807) is 12.1 Å². The van der Waals surface area contributed by atoms with Crippen LogP contribution < -0.4 is 4.90 Å². The van der Waals surface area contributed by atoms with Crippen LogP contribution in [0.4, 0.5) is 5.69 Å². The van der Waals surface area contributed by atoms with E-state index in [2.05, 4.69) is 0 Å². The Morgan fingerprint density at radius 2 is 1.65 bits per heavy atom. The van der Waals surface area contributed by atoms with Crippen molar-refractivity contribution < 1.29 is 28.4 Å². The highest BCUT2D eigenvalue weighted by Gasteiger charge is 2.56. The maximum Gasteiger partial charge on any atom is 0.490 e. The first-order valence-electron chi connectivity index (χ1n) is 11.0. The van der Waals surface area contributed by atoms with E-state index in [0.29, 0.717) is 25.3 Å². The number of nitrogens with zero attached hydrogens (tertiary/aromatic N) is 1. The number of imide groups is 1. The number of hydrogen-bond donors (Lipinski definition) is 0. The molecule has 2 fully saturated rings. The first-order chi connectivity index (χ1) is 14.9. The van der Waals surface area contributed by atoms with Crippen LogP contribution in [0.3, 0.4) is 0 Å². The van der Waals surface area contributed by atoms with Crippen molar-refractivity contribution in [3.8, 4) is 0 Å². The van der Waals surface area contributed by atoms with Gasteiger partial charge in [0.15, 0.2) is 0 Å². The van der Waals surface area contributed by atoms with Crippen LogP contribution in [0.2, 0.25) is 0 Å². The largest absolute Gasteiger partial charge is 0.490 e. The second-order valence-corrected chi connectivity index (χ2v) is 8.88. The number of ether oxygens (including phenoxy) is 2. The number of anilines is 1. The molecular formula is C23H30BNO6. The molecule has 2 heterocycles. The Balaban J connectivity index is 1.74. The van der Waals surface area contributed by atoms with E-state index < -0.39 is 19.0 Å². The lowest BCUT2D eigenvalue weighted by atomic mass is 9.60. The topological polar surface area (TPSA) is 74.3 Å². The number of hydrogen-bond acceptors (Lipinski definition) is 6. The first kappa shape index (κ1) is 22.2. The lowest BCUT2D eigenvalue weighted by molar-refractivity contribution is -0.123. The maximum absolute atomic E-state index is 13.5. The number of amides is 2. The van der Waals surface area contributed by atoms with Crippen LogP contribution in [0.25, 0.3) is 0 Å². The first-order valence-corrected chi connectivity index (χ1v) is 11.0. The fourth-order valence-corrected chi connectivity index (χ4v) is 4.80. The normalized spacial score (nSPS) is 26.4. The fraction of sp³-hybridized carbons (Fsp3) is 0.565. The van der Waals surface area contributed by atoms with Crippen LogP contribution in [-0.2, 0) is 28.4 Å². The molecule has 3 aliphatic rings. The van der Waals surface area contributed by atoms with Crippen LogP contribution in [0, 0.1) is 17.8 Å². The molecule has 31 heavy (non-hydrogen) atoms. The van der Waals surface area contributed by atoms with Crippen molar-refractivity contribution in [2.24, 2.45) is 17.8 Å². The van der Waals surface area contributed by atoms with Gasteiger partial charge in [-0.05, 0) is 57.3 Å². The minimum absolute atomic E-state index is 0.0577. The van der Waals surface area contributed by atoms with Crippen LogP contribution in [-0.4, -0.2) is 51.1 Å². The van der Waals surface area contributed by atoms with Gasteiger partial charge in [0, 0.05) is 18.1 Å². The SMILES string of the molecule is CC(C)OB(OC(C)C)C1=C2COCOC[C@@H]2[C@@H]2C(=O)N(c3ccccc3)C(=O)[C@@H]2C1. The minimum atomic E-state index is -0.589. The predicted molar refractivity (Wildman–Crippen MR) is 116 cm³/mol. The van der Waals surface area contributed by atoms with Gasteiger partial charge in [0.25, 0.3) is 0 Å². The summed E-state index contributed by atoms with van der Waals surface area (Å²) in [7, 11) is -0.589. The van der Waals surface area contributed by atoms with E-state index in [4.69, 9.17) is 18.8 Å². The molecular weight excluding hydrogens is 397 g/mol. The fourth-order valence-electron chi connectivity index (χ4n) is 4.80. The summed E-state index contributed by atoms with van der Waals surface area (Å²) in [4.78, 5) is 28.3. The predicted octanol–water partition coefficient (Wildman–Crippen LogP) is 2.99. The van der Waals surface area contributed by atoms with Gasteiger partial charge in [-0.3, -0.25) is 14.5 Å². The highest BCUT2D eigenvalue weighted by Crippen LogP contribution is 2.47. The van der Waals surface area contributed by atoms with Crippen molar-refractivity contribution in [3.05, 3.63) is 41.4 Å². The Morgan fingerprint density at radius 1 is 0.968 bits per heavy atom. The third kappa shape index (κ3) is 4.35. The summed E-state index contributed by atoms with van der Waals surface area (Å²) in [6.07, 6.45) is 0.299. The molecule has 2 saturated heterocycles. The Morgan fingerprint density at radius 3 is 2.29 bits per heavy atom. The van der Waals surface area contributed by atoms with Crippen molar-refractivity contribution in [1.82, 2.24) is 0 Å². The Kier molecular flexibility index (Phi) is 6.62. The zero-order valence-electron chi connectivity index (χ0n) is 18.6. The van der Waals surface area contributed by atoms with E-state index in [1.165, 1.54) is 4.90 Å². The number of benzene rings is 1. The van der Waals surface area contributed by atoms with Gasteiger partial charge in [0.1, 0.15) is 6.79 Å². The smallest absolute Gasteiger partial charge is 0.405 e. The van der Waals surface area contributed by atoms with Gasteiger partial charge >= 0.3 is 7.12 Å². The average Bonchev–Trinajstić information content (AvgIpc) is 2.88. The third-order valence-electron chi connectivity index (χ3n) is 6.02. The molecule has 0 N–H and O–H groups in total. The Hall–Kier alpha value is -2.00. The summed E-state index contributed by atoms with van der Waals surface area (Å²) in [6, 6.07) is 9.12. The van der Waals surface area contributed by atoms with E-state index >= 15 is 0 Å². The zero-order valence-corrected chi connectivity index (χ0v) is 18.6. The summed E-state index contributed by atoms with van der Waals surface area (Å²) in [5.74, 6) is -1.51. The average molecular weight is 427 g/mol. The number of fused-ring (bicyclic) bond motifs is 3. The van der Waals surface area contributed by atoms with Crippen LogP contribution in [0.15, 0.2) is 41.4 Å². The van der Waals surface area contributed by atoms with Gasteiger partial charge in [0.05, 0.1) is 30.7 Å². The molecule has 0 radical (unpaired) electrons. The highest BCUT2D eigenvalue weighted by atomic mass is 16.7.